The van der Waals surface area contributed by atoms with Gasteiger partial charge in [-0.1, -0.05) is 12.1 Å². The van der Waals surface area contributed by atoms with Crippen molar-refractivity contribution in [3.8, 4) is 5.75 Å². The Morgan fingerprint density at radius 1 is 1.33 bits per heavy atom. The number of halogens is 3. The first kappa shape index (κ1) is 14.3. The summed E-state index contributed by atoms with van der Waals surface area (Å²) in [6.07, 6.45) is -4.82. The second kappa shape index (κ2) is 5.75. The summed E-state index contributed by atoms with van der Waals surface area (Å²) in [5.41, 5.74) is 0.762. The molecule has 0 bridgehead atoms. The van der Waals surface area contributed by atoms with Crippen molar-refractivity contribution in [3.05, 3.63) is 29.3 Å². The van der Waals surface area contributed by atoms with Gasteiger partial charge in [0.15, 0.2) is 0 Å². The van der Waals surface area contributed by atoms with E-state index in [0.29, 0.717) is 11.1 Å². The Hall–Kier alpha value is -1.72. The summed E-state index contributed by atoms with van der Waals surface area (Å²) in [5, 5.41) is 0. The van der Waals surface area contributed by atoms with Crippen molar-refractivity contribution in [2.24, 2.45) is 0 Å². The van der Waals surface area contributed by atoms with Crippen LogP contribution in [0.1, 0.15) is 18.1 Å². The van der Waals surface area contributed by atoms with Gasteiger partial charge in [-0.05, 0) is 31.0 Å². The molecule has 1 aromatic carbocycles. The Bertz CT molecular complexity index is 427. The molecular formula is C12H13F3O3. The molecule has 0 aliphatic carbocycles. The predicted molar refractivity (Wildman–Crippen MR) is 58.2 cm³/mol. The van der Waals surface area contributed by atoms with E-state index in [0.717, 1.165) is 0 Å². The topological polar surface area (TPSA) is 35.5 Å². The molecule has 0 spiro atoms. The van der Waals surface area contributed by atoms with Crippen LogP contribution in [0.25, 0.3) is 0 Å². The number of hydrogen-bond acceptors (Lipinski definition) is 3. The third kappa shape index (κ3) is 4.65. The van der Waals surface area contributed by atoms with Crippen molar-refractivity contribution in [1.29, 1.82) is 0 Å². The van der Waals surface area contributed by atoms with Crippen LogP contribution in [0, 0.1) is 6.92 Å². The van der Waals surface area contributed by atoms with Crippen LogP contribution in [0.5, 0.6) is 5.75 Å². The van der Waals surface area contributed by atoms with Crippen LogP contribution >= 0.6 is 0 Å². The molecule has 0 aromatic heterocycles. The smallest absolute Gasteiger partial charge is 0.466 e. The Kier molecular flexibility index (Phi) is 4.58. The Morgan fingerprint density at radius 2 is 2.00 bits per heavy atom. The molecule has 0 aliphatic heterocycles. The summed E-state index contributed by atoms with van der Waals surface area (Å²) in [6.45, 7) is 3.39. The van der Waals surface area contributed by atoms with E-state index in [1.54, 1.807) is 13.0 Å². The highest BCUT2D eigenvalue weighted by molar-refractivity contribution is 5.72. The van der Waals surface area contributed by atoms with Crippen LogP contribution in [-0.2, 0) is 16.0 Å². The molecule has 0 unspecified atom stereocenters. The predicted octanol–water partition coefficient (Wildman–Crippen LogP) is 3.00. The second-order valence-corrected chi connectivity index (χ2v) is 3.63. The first-order valence-electron chi connectivity index (χ1n) is 5.32. The first-order valence-corrected chi connectivity index (χ1v) is 5.32. The number of benzene rings is 1. The van der Waals surface area contributed by atoms with Crippen LogP contribution < -0.4 is 4.74 Å². The molecule has 0 radical (unpaired) electrons. The third-order valence-electron chi connectivity index (χ3n) is 2.13. The summed E-state index contributed by atoms with van der Waals surface area (Å²) in [6, 6.07) is 4.23. The molecule has 100 valence electrons. The van der Waals surface area contributed by atoms with E-state index >= 15 is 0 Å². The molecule has 6 heteroatoms. The number of alkyl halides is 3. The summed E-state index contributed by atoms with van der Waals surface area (Å²) < 4.78 is 44.9. The molecule has 0 fully saturated rings. The van der Waals surface area contributed by atoms with Crippen LogP contribution in [0.15, 0.2) is 18.2 Å². The second-order valence-electron chi connectivity index (χ2n) is 3.63. The summed E-state index contributed by atoms with van der Waals surface area (Å²) >= 11 is 0. The van der Waals surface area contributed by atoms with Crippen LogP contribution in [0.2, 0.25) is 0 Å². The fourth-order valence-electron chi connectivity index (χ4n) is 1.37. The molecular weight excluding hydrogens is 249 g/mol. The van der Waals surface area contributed by atoms with Gasteiger partial charge in [-0.15, -0.1) is 13.2 Å². The van der Waals surface area contributed by atoms with Crippen molar-refractivity contribution < 1.29 is 27.4 Å². The van der Waals surface area contributed by atoms with E-state index in [9.17, 15) is 18.0 Å². The van der Waals surface area contributed by atoms with Crippen molar-refractivity contribution in [2.45, 2.75) is 26.6 Å². The van der Waals surface area contributed by atoms with Gasteiger partial charge >= 0.3 is 12.3 Å². The van der Waals surface area contributed by atoms with Crippen LogP contribution in [0.4, 0.5) is 13.2 Å². The van der Waals surface area contributed by atoms with E-state index in [1.807, 2.05) is 0 Å². The molecule has 1 aromatic rings. The number of rotatable bonds is 4. The van der Waals surface area contributed by atoms with Crippen molar-refractivity contribution >= 4 is 5.97 Å². The fourth-order valence-corrected chi connectivity index (χ4v) is 1.37. The molecule has 0 saturated carbocycles. The molecule has 0 heterocycles. The van der Waals surface area contributed by atoms with Gasteiger partial charge in [0.25, 0.3) is 0 Å². The van der Waals surface area contributed by atoms with Gasteiger partial charge in [-0.3, -0.25) is 4.79 Å². The lowest BCUT2D eigenvalue weighted by Gasteiger charge is -2.12. The van der Waals surface area contributed by atoms with E-state index < -0.39 is 12.3 Å². The minimum Gasteiger partial charge on any atom is -0.466 e. The third-order valence-corrected chi connectivity index (χ3v) is 2.13. The Labute approximate surface area is 103 Å². The number of esters is 1. The zero-order valence-corrected chi connectivity index (χ0v) is 10.0. The van der Waals surface area contributed by atoms with Crippen molar-refractivity contribution in [3.63, 3.8) is 0 Å². The monoisotopic (exact) mass is 262 g/mol. The normalized spacial score (nSPS) is 11.2. The maximum Gasteiger partial charge on any atom is 0.573 e. The minimum absolute atomic E-state index is 0.0810. The standard InChI is InChI=1S/C12H13F3O3/c1-3-17-11(16)7-9-5-4-8(2)10(6-9)18-12(13,14)15/h4-6H,3,7H2,1-2H3. The van der Waals surface area contributed by atoms with E-state index in [4.69, 9.17) is 4.74 Å². The average Bonchev–Trinajstić information content (AvgIpc) is 2.21. The van der Waals surface area contributed by atoms with Crippen LogP contribution in [-0.4, -0.2) is 18.9 Å². The number of carbonyl (C=O) groups excluding carboxylic acids is 1. The summed E-state index contributed by atoms with van der Waals surface area (Å²) in [5.74, 6) is -0.788. The quantitative estimate of drug-likeness (QED) is 0.782. The largest absolute Gasteiger partial charge is 0.573 e. The number of ether oxygens (including phenoxy) is 2. The number of hydrogen-bond donors (Lipinski definition) is 0. The SMILES string of the molecule is CCOC(=O)Cc1ccc(C)c(OC(F)(F)F)c1. The maximum absolute atomic E-state index is 12.1. The lowest BCUT2D eigenvalue weighted by Crippen LogP contribution is -2.18. The molecule has 1 rings (SSSR count). The van der Waals surface area contributed by atoms with Gasteiger partial charge in [0.2, 0.25) is 0 Å². The van der Waals surface area contributed by atoms with Gasteiger partial charge in [0, 0.05) is 0 Å². The first-order chi connectivity index (χ1) is 8.31. The maximum atomic E-state index is 12.1. The summed E-state index contributed by atoms with van der Waals surface area (Å²) in [7, 11) is 0. The zero-order chi connectivity index (χ0) is 13.8. The lowest BCUT2D eigenvalue weighted by molar-refractivity contribution is -0.274. The Morgan fingerprint density at radius 3 is 2.56 bits per heavy atom. The average molecular weight is 262 g/mol. The van der Waals surface area contributed by atoms with Crippen molar-refractivity contribution in [2.75, 3.05) is 6.61 Å². The minimum atomic E-state index is -4.74. The van der Waals surface area contributed by atoms with Gasteiger partial charge in [-0.2, -0.15) is 0 Å². The lowest BCUT2D eigenvalue weighted by atomic mass is 10.1. The number of carbonyl (C=O) groups is 1. The fraction of sp³-hybridized carbons (Fsp3) is 0.417. The van der Waals surface area contributed by atoms with Gasteiger partial charge < -0.3 is 9.47 Å². The molecule has 0 saturated heterocycles. The molecule has 0 aliphatic rings. The summed E-state index contributed by atoms with van der Waals surface area (Å²) in [4.78, 5) is 11.2. The molecule has 0 atom stereocenters. The van der Waals surface area contributed by atoms with Crippen molar-refractivity contribution in [1.82, 2.24) is 0 Å². The van der Waals surface area contributed by atoms with Crippen LogP contribution in [0.3, 0.4) is 0 Å². The Balaban J connectivity index is 2.84. The van der Waals surface area contributed by atoms with E-state index in [2.05, 4.69) is 4.74 Å². The highest BCUT2D eigenvalue weighted by Crippen LogP contribution is 2.27. The molecule has 0 amide bonds. The zero-order valence-electron chi connectivity index (χ0n) is 10.0. The van der Waals surface area contributed by atoms with Gasteiger partial charge in [0.1, 0.15) is 5.75 Å². The van der Waals surface area contributed by atoms with E-state index in [-0.39, 0.29) is 18.8 Å². The van der Waals surface area contributed by atoms with E-state index in [1.165, 1.54) is 19.1 Å². The number of aryl methyl sites for hydroxylation is 1. The highest BCUT2D eigenvalue weighted by atomic mass is 19.4. The highest BCUT2D eigenvalue weighted by Gasteiger charge is 2.31. The van der Waals surface area contributed by atoms with Gasteiger partial charge in [-0.25, -0.2) is 0 Å². The molecule has 3 nitrogen and oxygen atoms in total. The molecule has 18 heavy (non-hydrogen) atoms. The van der Waals surface area contributed by atoms with Gasteiger partial charge in [0.05, 0.1) is 13.0 Å². The molecule has 0 N–H and O–H groups in total.